The van der Waals surface area contributed by atoms with Gasteiger partial charge in [-0.2, -0.15) is 0 Å². The van der Waals surface area contributed by atoms with Crippen LogP contribution in [0, 0.1) is 18.7 Å². The molecule has 1 aliphatic carbocycles. The van der Waals surface area contributed by atoms with Crippen LogP contribution in [0.4, 0.5) is 10.1 Å². The molecule has 2 nitrogen and oxygen atoms in total. The molecular formula is C17H24BrFN2. The van der Waals surface area contributed by atoms with Gasteiger partial charge in [-0.3, -0.25) is 0 Å². The van der Waals surface area contributed by atoms with Crippen molar-refractivity contribution >= 4 is 21.6 Å². The quantitative estimate of drug-likeness (QED) is 0.853. The molecule has 1 aromatic carbocycles. The van der Waals surface area contributed by atoms with Crippen LogP contribution in [0.15, 0.2) is 16.6 Å². The Bertz CT molecular complexity index is 500. The molecule has 2 fully saturated rings. The third-order valence-electron chi connectivity index (χ3n) is 5.00. The number of benzene rings is 1. The second-order valence-corrected chi connectivity index (χ2v) is 7.31. The van der Waals surface area contributed by atoms with Crippen LogP contribution in [0.25, 0.3) is 0 Å². The minimum Gasteiger partial charge on any atom is -0.368 e. The number of piperazine rings is 1. The molecule has 1 aromatic rings. The van der Waals surface area contributed by atoms with Gasteiger partial charge in [-0.15, -0.1) is 0 Å². The zero-order valence-corrected chi connectivity index (χ0v) is 14.3. The number of anilines is 1. The molecule has 3 rings (SSSR count). The third kappa shape index (κ3) is 3.42. The number of hydrogen-bond donors (Lipinski definition) is 1. The molecule has 1 N–H and O–H groups in total. The van der Waals surface area contributed by atoms with Crippen LogP contribution in [0.2, 0.25) is 0 Å². The van der Waals surface area contributed by atoms with E-state index in [0.717, 1.165) is 31.1 Å². The van der Waals surface area contributed by atoms with Crippen molar-refractivity contribution in [2.75, 3.05) is 24.5 Å². The number of nitrogens with zero attached hydrogens (tertiary/aromatic N) is 1. The Balaban J connectivity index is 1.75. The Morgan fingerprint density at radius 2 is 2.00 bits per heavy atom. The molecule has 0 amide bonds. The summed E-state index contributed by atoms with van der Waals surface area (Å²) in [6.07, 6.45) is 6.88. The standard InChI is InChI=1S/C17H24BrFN2/c1-12-9-15(19)14(18)10-17(12)21-8-7-20-16(11-21)13-5-3-2-4-6-13/h9-10,13,16,20H,2-8,11H2,1H3. The van der Waals surface area contributed by atoms with Gasteiger partial charge in [0.15, 0.2) is 0 Å². The lowest BCUT2D eigenvalue weighted by Gasteiger charge is -2.41. The van der Waals surface area contributed by atoms with Gasteiger partial charge >= 0.3 is 0 Å². The van der Waals surface area contributed by atoms with E-state index in [1.54, 1.807) is 6.07 Å². The lowest BCUT2D eigenvalue weighted by Crippen LogP contribution is -2.54. The van der Waals surface area contributed by atoms with Gasteiger partial charge in [-0.05, 0) is 59.3 Å². The first-order valence-corrected chi connectivity index (χ1v) is 8.88. The van der Waals surface area contributed by atoms with Crippen molar-refractivity contribution in [2.45, 2.75) is 45.1 Å². The summed E-state index contributed by atoms with van der Waals surface area (Å²) in [7, 11) is 0. The van der Waals surface area contributed by atoms with Crippen LogP contribution in [-0.2, 0) is 0 Å². The minimum absolute atomic E-state index is 0.171. The lowest BCUT2D eigenvalue weighted by atomic mass is 9.83. The van der Waals surface area contributed by atoms with Crippen LogP contribution in [0.3, 0.4) is 0 Å². The summed E-state index contributed by atoms with van der Waals surface area (Å²) in [6.45, 7) is 5.07. The average molecular weight is 355 g/mol. The maximum atomic E-state index is 13.6. The summed E-state index contributed by atoms with van der Waals surface area (Å²) in [5.74, 6) is 0.640. The number of nitrogens with one attached hydrogen (secondary N) is 1. The summed E-state index contributed by atoms with van der Waals surface area (Å²) in [4.78, 5) is 2.43. The van der Waals surface area contributed by atoms with E-state index in [9.17, 15) is 4.39 Å². The maximum Gasteiger partial charge on any atom is 0.137 e. The monoisotopic (exact) mass is 354 g/mol. The molecular weight excluding hydrogens is 331 g/mol. The Morgan fingerprint density at radius 1 is 1.24 bits per heavy atom. The fraction of sp³-hybridized carbons (Fsp3) is 0.647. The minimum atomic E-state index is -0.171. The summed E-state index contributed by atoms with van der Waals surface area (Å²) in [5, 5.41) is 3.71. The van der Waals surface area contributed by atoms with Crippen LogP contribution in [-0.4, -0.2) is 25.7 Å². The lowest BCUT2D eigenvalue weighted by molar-refractivity contribution is 0.257. The number of hydrogen-bond acceptors (Lipinski definition) is 2. The predicted molar refractivity (Wildman–Crippen MR) is 89.4 cm³/mol. The highest BCUT2D eigenvalue weighted by atomic mass is 79.9. The molecule has 1 heterocycles. The summed E-state index contributed by atoms with van der Waals surface area (Å²) >= 11 is 3.32. The predicted octanol–water partition coefficient (Wildman–Crippen LogP) is 4.26. The van der Waals surface area contributed by atoms with E-state index in [-0.39, 0.29) is 5.82 Å². The molecule has 116 valence electrons. The first kappa shape index (κ1) is 15.3. The highest BCUT2D eigenvalue weighted by Crippen LogP contribution is 2.31. The average Bonchev–Trinajstić information content (AvgIpc) is 2.52. The summed E-state index contributed by atoms with van der Waals surface area (Å²) < 4.78 is 14.2. The number of rotatable bonds is 2. The second kappa shape index (κ2) is 6.66. The molecule has 1 aliphatic heterocycles. The molecule has 4 heteroatoms. The van der Waals surface area contributed by atoms with E-state index in [2.05, 4.69) is 26.1 Å². The first-order valence-electron chi connectivity index (χ1n) is 8.09. The van der Waals surface area contributed by atoms with Crippen LogP contribution in [0.5, 0.6) is 0 Å². The Hall–Kier alpha value is -0.610. The molecule has 1 saturated carbocycles. The zero-order chi connectivity index (χ0) is 14.8. The largest absolute Gasteiger partial charge is 0.368 e. The van der Waals surface area contributed by atoms with Crippen molar-refractivity contribution < 1.29 is 4.39 Å². The number of aryl methyl sites for hydroxylation is 1. The molecule has 0 radical (unpaired) electrons. The van der Waals surface area contributed by atoms with Gasteiger partial charge < -0.3 is 10.2 Å². The van der Waals surface area contributed by atoms with Crippen molar-refractivity contribution in [2.24, 2.45) is 5.92 Å². The van der Waals surface area contributed by atoms with E-state index in [4.69, 9.17) is 0 Å². The normalized spacial score (nSPS) is 24.3. The molecule has 1 atom stereocenters. The molecule has 2 aliphatic rings. The molecule has 1 unspecified atom stereocenters. The Labute approximate surface area is 135 Å². The van der Waals surface area contributed by atoms with Crippen LogP contribution < -0.4 is 10.2 Å². The third-order valence-corrected chi connectivity index (χ3v) is 5.61. The fourth-order valence-corrected chi connectivity index (χ4v) is 4.16. The fourth-order valence-electron chi connectivity index (χ4n) is 3.83. The molecule has 0 spiro atoms. The van der Waals surface area contributed by atoms with Crippen LogP contribution >= 0.6 is 15.9 Å². The van der Waals surface area contributed by atoms with Crippen molar-refractivity contribution in [3.05, 3.63) is 28.0 Å². The highest BCUT2D eigenvalue weighted by Gasteiger charge is 2.28. The van der Waals surface area contributed by atoms with E-state index in [0.29, 0.717) is 10.5 Å². The molecule has 0 bridgehead atoms. The van der Waals surface area contributed by atoms with Crippen LogP contribution in [0.1, 0.15) is 37.7 Å². The van der Waals surface area contributed by atoms with Gasteiger partial charge in [0.2, 0.25) is 0 Å². The van der Waals surface area contributed by atoms with Crippen molar-refractivity contribution in [3.63, 3.8) is 0 Å². The molecule has 1 saturated heterocycles. The van der Waals surface area contributed by atoms with Crippen molar-refractivity contribution in [1.29, 1.82) is 0 Å². The second-order valence-electron chi connectivity index (χ2n) is 6.46. The smallest absolute Gasteiger partial charge is 0.137 e. The van der Waals surface area contributed by atoms with Gasteiger partial charge in [0.25, 0.3) is 0 Å². The SMILES string of the molecule is Cc1cc(F)c(Br)cc1N1CCNC(C2CCCCC2)C1. The van der Waals surface area contributed by atoms with E-state index >= 15 is 0 Å². The first-order chi connectivity index (χ1) is 10.1. The van der Waals surface area contributed by atoms with Gasteiger partial charge in [-0.1, -0.05) is 19.3 Å². The van der Waals surface area contributed by atoms with Crippen molar-refractivity contribution in [3.8, 4) is 0 Å². The Kier molecular flexibility index (Phi) is 4.85. The molecule has 0 aromatic heterocycles. The topological polar surface area (TPSA) is 15.3 Å². The van der Waals surface area contributed by atoms with E-state index < -0.39 is 0 Å². The summed E-state index contributed by atoms with van der Waals surface area (Å²) in [6, 6.07) is 4.16. The van der Waals surface area contributed by atoms with Gasteiger partial charge in [0, 0.05) is 31.4 Å². The zero-order valence-electron chi connectivity index (χ0n) is 12.7. The number of halogens is 2. The van der Waals surface area contributed by atoms with E-state index in [1.165, 1.54) is 37.8 Å². The van der Waals surface area contributed by atoms with Gasteiger partial charge in [0.05, 0.1) is 4.47 Å². The van der Waals surface area contributed by atoms with Crippen molar-refractivity contribution in [1.82, 2.24) is 5.32 Å². The maximum absolute atomic E-state index is 13.6. The van der Waals surface area contributed by atoms with Gasteiger partial charge in [0.1, 0.15) is 5.82 Å². The summed E-state index contributed by atoms with van der Waals surface area (Å²) in [5.41, 5.74) is 2.20. The Morgan fingerprint density at radius 3 is 2.76 bits per heavy atom. The van der Waals surface area contributed by atoms with Gasteiger partial charge in [-0.25, -0.2) is 4.39 Å². The highest BCUT2D eigenvalue weighted by molar-refractivity contribution is 9.10. The molecule has 21 heavy (non-hydrogen) atoms. The van der Waals surface area contributed by atoms with E-state index in [1.807, 2.05) is 13.0 Å².